The second kappa shape index (κ2) is 5.12. The van der Waals surface area contributed by atoms with Crippen LogP contribution in [0.5, 0.6) is 5.88 Å². The Morgan fingerprint density at radius 1 is 1.41 bits per heavy atom. The maximum absolute atomic E-state index is 12.4. The van der Waals surface area contributed by atoms with Gasteiger partial charge >= 0.3 is 6.18 Å². The summed E-state index contributed by atoms with van der Waals surface area (Å²) >= 11 is 5.69. The van der Waals surface area contributed by atoms with Crippen LogP contribution in [-0.2, 0) is 5.88 Å². The summed E-state index contributed by atoms with van der Waals surface area (Å²) in [4.78, 5) is 3.95. The fraction of sp³-hybridized carbons (Fsp3) is 0.545. The van der Waals surface area contributed by atoms with E-state index in [4.69, 9.17) is 16.3 Å². The van der Waals surface area contributed by atoms with Crippen molar-refractivity contribution in [1.82, 2.24) is 4.98 Å². The first-order chi connectivity index (χ1) is 7.75. The number of rotatable bonds is 3. The van der Waals surface area contributed by atoms with Crippen LogP contribution in [-0.4, -0.2) is 17.3 Å². The molecule has 0 N–H and O–H groups in total. The summed E-state index contributed by atoms with van der Waals surface area (Å²) in [6.45, 7) is 4.39. The van der Waals surface area contributed by atoms with Gasteiger partial charge in [0.05, 0.1) is 5.88 Å². The molecular weight excluding hydrogens is 255 g/mol. The number of hydrogen-bond acceptors (Lipinski definition) is 2. The minimum atomic E-state index is -4.41. The highest BCUT2D eigenvalue weighted by molar-refractivity contribution is 6.17. The first-order valence-corrected chi connectivity index (χ1v) is 5.55. The third kappa shape index (κ3) is 3.49. The lowest BCUT2D eigenvalue weighted by Crippen LogP contribution is -2.31. The van der Waals surface area contributed by atoms with Crippen LogP contribution < -0.4 is 4.74 Å². The van der Waals surface area contributed by atoms with Gasteiger partial charge in [-0.25, -0.2) is 4.98 Å². The smallest absolute Gasteiger partial charge is 0.425 e. The van der Waals surface area contributed by atoms with E-state index >= 15 is 0 Å². The van der Waals surface area contributed by atoms with Crippen molar-refractivity contribution < 1.29 is 17.9 Å². The predicted octanol–water partition coefficient (Wildman–Crippen LogP) is 3.77. The van der Waals surface area contributed by atoms with E-state index in [9.17, 15) is 13.2 Å². The van der Waals surface area contributed by atoms with E-state index in [1.807, 2.05) is 0 Å². The molecule has 1 aromatic heterocycles. The van der Waals surface area contributed by atoms with Gasteiger partial charge in [-0.05, 0) is 32.4 Å². The number of ether oxygens (including phenoxy) is 1. The molecule has 0 saturated carbocycles. The molecule has 0 spiro atoms. The Morgan fingerprint density at radius 3 is 2.47 bits per heavy atom. The number of alkyl halides is 4. The molecule has 1 aromatic rings. The van der Waals surface area contributed by atoms with Gasteiger partial charge in [0.2, 0.25) is 5.88 Å². The van der Waals surface area contributed by atoms with Gasteiger partial charge in [-0.15, -0.1) is 11.6 Å². The molecule has 0 saturated heterocycles. The summed E-state index contributed by atoms with van der Waals surface area (Å²) in [5.41, 5.74) is 1.87. The van der Waals surface area contributed by atoms with E-state index in [2.05, 4.69) is 4.98 Å². The van der Waals surface area contributed by atoms with E-state index in [1.54, 1.807) is 19.9 Å². The lowest BCUT2D eigenvalue weighted by atomic mass is 10.1. The Labute approximate surface area is 103 Å². The molecular formula is C11H13ClF3NO. The Bertz CT molecular complexity index is 406. The van der Waals surface area contributed by atoms with Crippen molar-refractivity contribution in [3.63, 3.8) is 0 Å². The van der Waals surface area contributed by atoms with Crippen LogP contribution in [0.25, 0.3) is 0 Å². The Morgan fingerprint density at radius 2 is 2.00 bits per heavy atom. The molecule has 0 amide bonds. The monoisotopic (exact) mass is 267 g/mol. The van der Waals surface area contributed by atoms with Crippen LogP contribution in [0.2, 0.25) is 0 Å². The molecule has 0 bridgehead atoms. The number of aromatic nitrogens is 1. The first-order valence-electron chi connectivity index (χ1n) is 5.02. The predicted molar refractivity (Wildman–Crippen MR) is 59.4 cm³/mol. The lowest BCUT2D eigenvalue weighted by molar-refractivity contribution is -0.190. The third-order valence-electron chi connectivity index (χ3n) is 2.32. The van der Waals surface area contributed by atoms with Gasteiger partial charge in [-0.1, -0.05) is 0 Å². The zero-order valence-electron chi connectivity index (χ0n) is 9.73. The molecule has 17 heavy (non-hydrogen) atoms. The number of aryl methyl sites for hydroxylation is 2. The van der Waals surface area contributed by atoms with Gasteiger partial charge in [0.25, 0.3) is 0 Å². The van der Waals surface area contributed by atoms with Crippen molar-refractivity contribution in [3.8, 4) is 5.88 Å². The summed E-state index contributed by atoms with van der Waals surface area (Å²) in [5, 5.41) is 0. The zero-order valence-corrected chi connectivity index (χ0v) is 10.5. The quantitative estimate of drug-likeness (QED) is 0.778. The molecule has 0 aliphatic carbocycles. The SMILES string of the molecule is Cc1cc(C)c(CCl)c(OC(C)C(F)(F)F)n1. The van der Waals surface area contributed by atoms with Crippen molar-refractivity contribution in [2.45, 2.75) is 38.9 Å². The number of nitrogens with zero attached hydrogens (tertiary/aromatic N) is 1. The van der Waals surface area contributed by atoms with Gasteiger partial charge < -0.3 is 4.74 Å². The minimum absolute atomic E-state index is 0.0395. The fourth-order valence-corrected chi connectivity index (χ4v) is 1.65. The van der Waals surface area contributed by atoms with Gasteiger partial charge in [0, 0.05) is 11.3 Å². The second-order valence-corrected chi connectivity index (χ2v) is 4.07. The van der Waals surface area contributed by atoms with Gasteiger partial charge in [0.15, 0.2) is 6.10 Å². The van der Waals surface area contributed by atoms with E-state index < -0.39 is 12.3 Å². The molecule has 96 valence electrons. The molecule has 1 heterocycles. The Kier molecular flexibility index (Phi) is 4.25. The molecule has 0 radical (unpaired) electrons. The number of pyridine rings is 1. The third-order valence-corrected chi connectivity index (χ3v) is 2.59. The molecule has 1 atom stereocenters. The van der Waals surface area contributed by atoms with Crippen molar-refractivity contribution in [1.29, 1.82) is 0 Å². The lowest BCUT2D eigenvalue weighted by Gasteiger charge is -2.19. The zero-order chi connectivity index (χ0) is 13.2. The number of hydrogen-bond donors (Lipinski definition) is 0. The van der Waals surface area contributed by atoms with Crippen LogP contribution in [0.3, 0.4) is 0 Å². The topological polar surface area (TPSA) is 22.1 Å². The first kappa shape index (κ1) is 14.1. The summed E-state index contributed by atoms with van der Waals surface area (Å²) in [7, 11) is 0. The van der Waals surface area contributed by atoms with E-state index in [0.717, 1.165) is 12.5 Å². The van der Waals surface area contributed by atoms with Crippen molar-refractivity contribution in [2.24, 2.45) is 0 Å². The van der Waals surface area contributed by atoms with Gasteiger partial charge in [-0.2, -0.15) is 13.2 Å². The summed E-state index contributed by atoms with van der Waals surface area (Å²) < 4.78 is 42.0. The maximum Gasteiger partial charge on any atom is 0.425 e. The van der Waals surface area contributed by atoms with Gasteiger partial charge in [0.1, 0.15) is 0 Å². The Hall–Kier alpha value is -0.970. The maximum atomic E-state index is 12.4. The fourth-order valence-electron chi connectivity index (χ4n) is 1.32. The van der Waals surface area contributed by atoms with E-state index in [-0.39, 0.29) is 11.8 Å². The molecule has 0 fully saturated rings. The minimum Gasteiger partial charge on any atom is -0.465 e. The molecule has 0 aromatic carbocycles. The molecule has 6 heteroatoms. The normalized spacial score (nSPS) is 13.6. The van der Waals surface area contributed by atoms with Crippen LogP contribution in [0.15, 0.2) is 6.07 Å². The standard InChI is InChI=1S/C11H13ClF3NO/c1-6-4-7(2)16-10(9(6)5-12)17-8(3)11(13,14)15/h4,8H,5H2,1-3H3. The van der Waals surface area contributed by atoms with Crippen molar-refractivity contribution >= 4 is 11.6 Å². The molecule has 0 aliphatic rings. The highest BCUT2D eigenvalue weighted by Gasteiger charge is 2.38. The molecule has 1 rings (SSSR count). The van der Waals surface area contributed by atoms with Crippen LogP contribution >= 0.6 is 11.6 Å². The summed E-state index contributed by atoms with van der Waals surface area (Å²) in [5.74, 6) is 0.0290. The van der Waals surface area contributed by atoms with Crippen LogP contribution in [0.1, 0.15) is 23.7 Å². The van der Waals surface area contributed by atoms with E-state index in [1.165, 1.54) is 0 Å². The van der Waals surface area contributed by atoms with Crippen molar-refractivity contribution in [2.75, 3.05) is 0 Å². The summed E-state index contributed by atoms with van der Waals surface area (Å²) in [6, 6.07) is 1.75. The average Bonchev–Trinajstić information content (AvgIpc) is 2.15. The molecule has 1 unspecified atom stereocenters. The number of halogens is 4. The second-order valence-electron chi connectivity index (χ2n) is 3.80. The van der Waals surface area contributed by atoms with E-state index in [0.29, 0.717) is 11.3 Å². The Balaban J connectivity index is 3.05. The highest BCUT2D eigenvalue weighted by Crippen LogP contribution is 2.28. The largest absolute Gasteiger partial charge is 0.465 e. The average molecular weight is 268 g/mol. The van der Waals surface area contributed by atoms with Crippen molar-refractivity contribution in [3.05, 3.63) is 22.9 Å². The van der Waals surface area contributed by atoms with Crippen LogP contribution in [0, 0.1) is 13.8 Å². The van der Waals surface area contributed by atoms with Gasteiger partial charge in [-0.3, -0.25) is 0 Å². The molecule has 0 aliphatic heterocycles. The van der Waals surface area contributed by atoms with Crippen LogP contribution in [0.4, 0.5) is 13.2 Å². The summed E-state index contributed by atoms with van der Waals surface area (Å²) in [6.07, 6.45) is -6.32. The molecule has 2 nitrogen and oxygen atoms in total. The highest BCUT2D eigenvalue weighted by atomic mass is 35.5.